The number of carboxylic acids is 1. The molecule has 1 N–H and O–H groups in total. The number of carboxylic acid groups (broad SMARTS) is 1. The fourth-order valence-electron chi connectivity index (χ4n) is 1.18. The zero-order chi connectivity index (χ0) is 11.0. The van der Waals surface area contributed by atoms with Gasteiger partial charge in [-0.25, -0.2) is 9.69 Å². The minimum Gasteiger partial charge on any atom is -0.477 e. The van der Waals surface area contributed by atoms with E-state index in [2.05, 4.69) is 0 Å². The number of imide groups is 1. The molecule has 1 aliphatic rings. The highest BCUT2D eigenvalue weighted by atomic mass is 32.1. The van der Waals surface area contributed by atoms with E-state index in [0.717, 1.165) is 28.4 Å². The van der Waals surface area contributed by atoms with Crippen LogP contribution in [-0.2, 0) is 9.59 Å². The number of thiophene rings is 1. The summed E-state index contributed by atoms with van der Waals surface area (Å²) in [6.07, 6.45) is 2.31. The fraction of sp³-hybridized carbons (Fsp3) is 0. The number of anilines is 1. The third-order valence-electron chi connectivity index (χ3n) is 1.83. The lowest BCUT2D eigenvalue weighted by Crippen LogP contribution is -2.28. The smallest absolute Gasteiger partial charge is 0.345 e. The van der Waals surface area contributed by atoms with Gasteiger partial charge in [-0.2, -0.15) is 0 Å². The highest BCUT2D eigenvalue weighted by Crippen LogP contribution is 2.28. The quantitative estimate of drug-likeness (QED) is 0.755. The van der Waals surface area contributed by atoms with Crippen LogP contribution in [0.1, 0.15) is 9.67 Å². The Morgan fingerprint density at radius 1 is 1.20 bits per heavy atom. The highest BCUT2D eigenvalue weighted by Gasteiger charge is 2.26. The molecule has 5 nitrogen and oxygen atoms in total. The van der Waals surface area contributed by atoms with Crippen molar-refractivity contribution in [2.24, 2.45) is 0 Å². The molecule has 1 aromatic rings. The second kappa shape index (κ2) is 3.32. The van der Waals surface area contributed by atoms with Crippen molar-refractivity contribution in [1.29, 1.82) is 0 Å². The number of nitrogens with zero attached hydrogens (tertiary/aromatic N) is 1. The van der Waals surface area contributed by atoms with Gasteiger partial charge in [0, 0.05) is 12.2 Å². The van der Waals surface area contributed by atoms with Crippen molar-refractivity contribution in [3.63, 3.8) is 0 Å². The van der Waals surface area contributed by atoms with Gasteiger partial charge in [0.15, 0.2) is 0 Å². The van der Waals surface area contributed by atoms with E-state index in [1.54, 1.807) is 0 Å². The van der Waals surface area contributed by atoms with E-state index >= 15 is 0 Å². The van der Waals surface area contributed by atoms with E-state index in [-0.39, 0.29) is 4.88 Å². The molecule has 2 rings (SSSR count). The van der Waals surface area contributed by atoms with Gasteiger partial charge in [-0.05, 0) is 12.1 Å². The van der Waals surface area contributed by atoms with Gasteiger partial charge in [-0.3, -0.25) is 9.59 Å². The summed E-state index contributed by atoms with van der Waals surface area (Å²) < 4.78 is 0. The van der Waals surface area contributed by atoms with Gasteiger partial charge in [-0.15, -0.1) is 11.3 Å². The Bertz CT molecular complexity index is 470. The molecular weight excluding hydrogens is 218 g/mol. The molecule has 0 atom stereocenters. The van der Waals surface area contributed by atoms with E-state index in [1.807, 2.05) is 0 Å². The predicted molar refractivity (Wildman–Crippen MR) is 52.9 cm³/mol. The van der Waals surface area contributed by atoms with Gasteiger partial charge >= 0.3 is 5.97 Å². The van der Waals surface area contributed by atoms with Gasteiger partial charge in [0.25, 0.3) is 11.8 Å². The molecular formula is C9H5NO4S. The van der Waals surface area contributed by atoms with Crippen LogP contribution in [0.2, 0.25) is 0 Å². The van der Waals surface area contributed by atoms with Crippen LogP contribution in [-0.4, -0.2) is 22.9 Å². The van der Waals surface area contributed by atoms with E-state index < -0.39 is 17.8 Å². The first-order valence-electron chi connectivity index (χ1n) is 3.99. The van der Waals surface area contributed by atoms with E-state index in [9.17, 15) is 14.4 Å². The zero-order valence-electron chi connectivity index (χ0n) is 7.34. The molecule has 76 valence electrons. The monoisotopic (exact) mass is 223 g/mol. The Balaban J connectivity index is 2.34. The van der Waals surface area contributed by atoms with Crippen molar-refractivity contribution < 1.29 is 19.5 Å². The maximum absolute atomic E-state index is 11.2. The van der Waals surface area contributed by atoms with Crippen LogP contribution in [0.3, 0.4) is 0 Å². The Kier molecular flexibility index (Phi) is 2.12. The summed E-state index contributed by atoms with van der Waals surface area (Å²) in [5.41, 5.74) is 0. The minimum atomic E-state index is -1.07. The number of rotatable bonds is 2. The van der Waals surface area contributed by atoms with Crippen LogP contribution in [0, 0.1) is 0 Å². The second-order valence-corrected chi connectivity index (χ2v) is 3.85. The lowest BCUT2D eigenvalue weighted by atomic mass is 10.4. The Hall–Kier alpha value is -1.95. The molecule has 0 radical (unpaired) electrons. The number of carbonyl (C=O) groups excluding carboxylic acids is 2. The summed E-state index contributed by atoms with van der Waals surface area (Å²) in [6.45, 7) is 0. The summed E-state index contributed by atoms with van der Waals surface area (Å²) in [4.78, 5) is 34.1. The van der Waals surface area contributed by atoms with Crippen molar-refractivity contribution in [2.45, 2.75) is 0 Å². The highest BCUT2D eigenvalue weighted by molar-refractivity contribution is 7.18. The normalized spacial score (nSPS) is 15.1. The molecule has 0 saturated heterocycles. The van der Waals surface area contributed by atoms with Crippen LogP contribution < -0.4 is 4.90 Å². The molecule has 0 unspecified atom stereocenters. The second-order valence-electron chi connectivity index (χ2n) is 2.79. The van der Waals surface area contributed by atoms with Gasteiger partial charge in [0.05, 0.1) is 0 Å². The summed E-state index contributed by atoms with van der Waals surface area (Å²) in [6, 6.07) is 2.80. The molecule has 1 aliphatic heterocycles. The first-order chi connectivity index (χ1) is 7.09. The topological polar surface area (TPSA) is 74.7 Å². The van der Waals surface area contributed by atoms with Crippen LogP contribution in [0.25, 0.3) is 0 Å². The van der Waals surface area contributed by atoms with Crippen molar-refractivity contribution in [3.8, 4) is 0 Å². The predicted octanol–water partition coefficient (Wildman–Crippen LogP) is 0.876. The number of aromatic carboxylic acids is 1. The minimum absolute atomic E-state index is 0.0949. The number of amides is 2. The van der Waals surface area contributed by atoms with Gasteiger partial charge < -0.3 is 5.11 Å². The molecule has 0 aromatic carbocycles. The van der Waals surface area contributed by atoms with Gasteiger partial charge in [-0.1, -0.05) is 0 Å². The Labute approximate surface area is 88.2 Å². The van der Waals surface area contributed by atoms with Crippen molar-refractivity contribution in [1.82, 2.24) is 0 Å². The Morgan fingerprint density at radius 3 is 2.27 bits per heavy atom. The average Bonchev–Trinajstić information content (AvgIpc) is 2.73. The zero-order valence-corrected chi connectivity index (χ0v) is 8.15. The van der Waals surface area contributed by atoms with Crippen molar-refractivity contribution in [2.75, 3.05) is 4.90 Å². The molecule has 2 heterocycles. The molecule has 0 aliphatic carbocycles. The average molecular weight is 223 g/mol. The molecule has 0 fully saturated rings. The van der Waals surface area contributed by atoms with E-state index in [4.69, 9.17) is 5.11 Å². The molecule has 0 bridgehead atoms. The summed E-state index contributed by atoms with van der Waals surface area (Å²) in [7, 11) is 0. The Morgan fingerprint density at radius 2 is 1.80 bits per heavy atom. The third kappa shape index (κ3) is 1.55. The lowest BCUT2D eigenvalue weighted by molar-refractivity contribution is -0.119. The number of carbonyl (C=O) groups is 3. The number of hydrogen-bond acceptors (Lipinski definition) is 4. The largest absolute Gasteiger partial charge is 0.477 e. The maximum Gasteiger partial charge on any atom is 0.345 e. The van der Waals surface area contributed by atoms with Crippen molar-refractivity contribution >= 4 is 34.1 Å². The summed E-state index contributed by atoms with van der Waals surface area (Å²) >= 11 is 0.890. The third-order valence-corrected chi connectivity index (χ3v) is 2.89. The fourth-order valence-corrected chi connectivity index (χ4v) is 2.04. The van der Waals surface area contributed by atoms with Crippen LogP contribution >= 0.6 is 11.3 Å². The first-order valence-corrected chi connectivity index (χ1v) is 4.80. The van der Waals surface area contributed by atoms with Gasteiger partial charge in [0.2, 0.25) is 0 Å². The van der Waals surface area contributed by atoms with E-state index in [1.165, 1.54) is 12.1 Å². The van der Waals surface area contributed by atoms with Crippen LogP contribution in [0.15, 0.2) is 24.3 Å². The standard InChI is InChI=1S/C9H5NO4S/c11-6-2-3-7(12)10(6)8-4-1-5(15-8)9(13)14/h1-4H,(H,13,14). The summed E-state index contributed by atoms with van der Waals surface area (Å²) in [5.74, 6) is -1.96. The molecule has 0 spiro atoms. The molecule has 1 aromatic heterocycles. The maximum atomic E-state index is 11.2. The molecule has 15 heavy (non-hydrogen) atoms. The summed E-state index contributed by atoms with van der Waals surface area (Å²) in [5, 5.41) is 9.01. The van der Waals surface area contributed by atoms with E-state index in [0.29, 0.717) is 5.00 Å². The number of hydrogen-bond donors (Lipinski definition) is 1. The van der Waals surface area contributed by atoms with Gasteiger partial charge in [0.1, 0.15) is 9.88 Å². The molecule has 6 heteroatoms. The molecule has 2 amide bonds. The van der Waals surface area contributed by atoms with Crippen LogP contribution in [0.5, 0.6) is 0 Å². The lowest BCUT2D eigenvalue weighted by Gasteiger charge is -2.09. The van der Waals surface area contributed by atoms with Crippen LogP contribution in [0.4, 0.5) is 5.00 Å². The van der Waals surface area contributed by atoms with Crippen molar-refractivity contribution in [3.05, 3.63) is 29.2 Å². The first kappa shape index (κ1) is 9.60. The SMILES string of the molecule is O=C(O)c1ccc(N2C(=O)C=CC2=O)s1. The molecule has 0 saturated carbocycles.